The molecule has 0 saturated carbocycles. The van der Waals surface area contributed by atoms with Crippen molar-refractivity contribution in [3.05, 3.63) is 24.5 Å². The van der Waals surface area contributed by atoms with Gasteiger partial charge in [-0.3, -0.25) is 9.78 Å². The summed E-state index contributed by atoms with van der Waals surface area (Å²) in [5, 5.41) is 4.85. The maximum Gasteiger partial charge on any atom is 0.327 e. The number of carbonyl (C=O) groups excluding carboxylic acids is 2. The molecule has 0 spiro atoms. The van der Waals surface area contributed by atoms with Crippen molar-refractivity contribution < 1.29 is 14.4 Å². The van der Waals surface area contributed by atoms with Crippen LogP contribution < -0.4 is 10.2 Å². The quantitative estimate of drug-likeness (QED) is 0.659. The van der Waals surface area contributed by atoms with Crippen molar-refractivity contribution in [2.45, 2.75) is 46.1 Å². The number of nitrogens with zero attached hydrogens (tertiary/aromatic N) is 4. The van der Waals surface area contributed by atoms with E-state index in [0.717, 1.165) is 44.6 Å². The predicted molar refractivity (Wildman–Crippen MR) is 130 cm³/mol. The first kappa shape index (κ1) is 28.3. The summed E-state index contributed by atoms with van der Waals surface area (Å²) in [7, 11) is 0. The Morgan fingerprint density at radius 3 is 2.38 bits per heavy atom. The maximum absolute atomic E-state index is 12.7. The number of piperazine rings is 1. The molecule has 0 aromatic carbocycles. The van der Waals surface area contributed by atoms with Gasteiger partial charge in [0.15, 0.2) is 0 Å². The van der Waals surface area contributed by atoms with Crippen molar-refractivity contribution >= 4 is 42.5 Å². The second kappa shape index (κ2) is 13.7. The first-order chi connectivity index (χ1) is 14.4. The highest BCUT2D eigenvalue weighted by atomic mass is 35.5. The highest BCUT2D eigenvalue weighted by Crippen LogP contribution is 2.17. The smallest absolute Gasteiger partial charge is 0.327 e. The van der Waals surface area contributed by atoms with E-state index in [4.69, 9.17) is 4.84 Å². The molecule has 2 aliphatic rings. The van der Waals surface area contributed by atoms with Crippen molar-refractivity contribution in [3.63, 3.8) is 0 Å². The largest absolute Gasteiger partial charge is 0.368 e. The number of hydrogen-bond donors (Lipinski definition) is 1. The van der Waals surface area contributed by atoms with E-state index in [1.165, 1.54) is 0 Å². The van der Waals surface area contributed by atoms with Crippen LogP contribution in [0.3, 0.4) is 0 Å². The summed E-state index contributed by atoms with van der Waals surface area (Å²) in [6.45, 7) is 10.4. The fourth-order valence-electron chi connectivity index (χ4n) is 4.15. The van der Waals surface area contributed by atoms with E-state index in [1.807, 2.05) is 24.0 Å². The van der Waals surface area contributed by atoms with Gasteiger partial charge in [0.1, 0.15) is 0 Å². The Bertz CT molecular complexity index is 702. The average Bonchev–Trinajstić information content (AvgIpc) is 2.74. The topological polar surface area (TPSA) is 78.0 Å². The molecule has 182 valence electrons. The zero-order valence-electron chi connectivity index (χ0n) is 19.2. The molecule has 2 saturated heterocycles. The molecule has 1 N–H and O–H groups in total. The molecular formula is C22H37Cl2N5O3. The summed E-state index contributed by atoms with van der Waals surface area (Å²) in [6, 6.07) is 3.96. The minimum Gasteiger partial charge on any atom is -0.368 e. The molecule has 2 unspecified atom stereocenters. The van der Waals surface area contributed by atoms with Crippen molar-refractivity contribution in [2.24, 2.45) is 11.8 Å². The summed E-state index contributed by atoms with van der Waals surface area (Å²) < 4.78 is 0. The Balaban J connectivity index is 0.00000256. The SMILES string of the molecule is CC(C)CC(C)C(=O)ON1CCCC(NC(=O)N2CCN(c3ccncc3)CC2)C1.Cl.Cl. The van der Waals surface area contributed by atoms with Crippen molar-refractivity contribution in [3.8, 4) is 0 Å². The molecule has 1 aromatic rings. The van der Waals surface area contributed by atoms with Gasteiger partial charge in [-0.05, 0) is 37.3 Å². The lowest BCUT2D eigenvalue weighted by molar-refractivity contribution is -0.201. The van der Waals surface area contributed by atoms with Gasteiger partial charge < -0.3 is 20.0 Å². The van der Waals surface area contributed by atoms with Crippen LogP contribution in [0.2, 0.25) is 0 Å². The van der Waals surface area contributed by atoms with Crippen LogP contribution in [0.25, 0.3) is 0 Å². The number of hydroxylamine groups is 2. The normalized spacial score (nSPS) is 20.1. The fourth-order valence-corrected chi connectivity index (χ4v) is 4.15. The van der Waals surface area contributed by atoms with E-state index in [1.54, 1.807) is 17.5 Å². The van der Waals surface area contributed by atoms with Crippen molar-refractivity contribution in [1.82, 2.24) is 20.3 Å². The summed E-state index contributed by atoms with van der Waals surface area (Å²) in [6.07, 6.45) is 6.20. The molecule has 0 radical (unpaired) electrons. The van der Waals surface area contributed by atoms with Gasteiger partial charge in [0.25, 0.3) is 0 Å². The molecule has 3 rings (SSSR count). The summed E-state index contributed by atoms with van der Waals surface area (Å²) in [5.41, 5.74) is 1.14. The summed E-state index contributed by atoms with van der Waals surface area (Å²) in [5.74, 6) is 0.166. The molecule has 8 nitrogen and oxygen atoms in total. The monoisotopic (exact) mass is 489 g/mol. The minimum atomic E-state index is -0.178. The van der Waals surface area contributed by atoms with Gasteiger partial charge in [0.05, 0.1) is 12.5 Å². The number of halogens is 2. The van der Waals surface area contributed by atoms with Gasteiger partial charge in [-0.2, -0.15) is 0 Å². The number of carbonyl (C=O) groups is 2. The van der Waals surface area contributed by atoms with E-state index in [-0.39, 0.29) is 48.8 Å². The van der Waals surface area contributed by atoms with Crippen LogP contribution in [0.15, 0.2) is 24.5 Å². The maximum atomic E-state index is 12.7. The highest BCUT2D eigenvalue weighted by Gasteiger charge is 2.28. The zero-order valence-corrected chi connectivity index (χ0v) is 20.9. The number of piperidine rings is 1. The van der Waals surface area contributed by atoms with Gasteiger partial charge in [-0.1, -0.05) is 20.8 Å². The minimum absolute atomic E-state index is 0. The number of anilines is 1. The van der Waals surface area contributed by atoms with Crippen LogP contribution >= 0.6 is 24.8 Å². The lowest BCUT2D eigenvalue weighted by Gasteiger charge is -2.38. The van der Waals surface area contributed by atoms with Crippen LogP contribution in [-0.2, 0) is 9.63 Å². The molecule has 0 bridgehead atoms. The fraction of sp³-hybridized carbons (Fsp3) is 0.682. The Hall–Kier alpha value is -1.77. The molecule has 1 aromatic heterocycles. The van der Waals surface area contributed by atoms with Gasteiger partial charge in [0.2, 0.25) is 0 Å². The second-order valence-electron chi connectivity index (χ2n) is 8.80. The number of rotatable bonds is 6. The van der Waals surface area contributed by atoms with E-state index in [2.05, 4.69) is 29.0 Å². The van der Waals surface area contributed by atoms with Gasteiger partial charge in [-0.25, -0.2) is 4.79 Å². The molecule has 3 heterocycles. The zero-order chi connectivity index (χ0) is 21.5. The standard InChI is InChI=1S/C22H35N5O3.2ClH/c1-17(2)15-18(3)21(28)30-27-10-4-5-19(16-27)24-22(29)26-13-11-25(12-14-26)20-6-8-23-9-7-20;;/h6-9,17-19H,4-5,10-16H2,1-3H3,(H,24,29);2*1H. The van der Waals surface area contributed by atoms with E-state index in [0.29, 0.717) is 25.6 Å². The number of hydrogen-bond acceptors (Lipinski definition) is 6. The van der Waals surface area contributed by atoms with Crippen LogP contribution in [0.4, 0.5) is 10.5 Å². The summed E-state index contributed by atoms with van der Waals surface area (Å²) in [4.78, 5) is 38.8. The number of nitrogens with one attached hydrogen (secondary N) is 1. The van der Waals surface area contributed by atoms with Crippen LogP contribution in [0, 0.1) is 11.8 Å². The van der Waals surface area contributed by atoms with Gasteiger partial charge >= 0.3 is 12.0 Å². The number of aromatic nitrogens is 1. The first-order valence-electron chi connectivity index (χ1n) is 11.1. The van der Waals surface area contributed by atoms with Crippen LogP contribution in [0.5, 0.6) is 0 Å². The van der Waals surface area contributed by atoms with E-state index >= 15 is 0 Å². The molecule has 0 aliphatic carbocycles. The Labute approximate surface area is 203 Å². The van der Waals surface area contributed by atoms with Crippen molar-refractivity contribution in [1.29, 1.82) is 0 Å². The lowest BCUT2D eigenvalue weighted by Crippen LogP contribution is -2.56. The molecular weight excluding hydrogens is 453 g/mol. The summed E-state index contributed by atoms with van der Waals surface area (Å²) >= 11 is 0. The molecule has 10 heteroatoms. The van der Waals surface area contributed by atoms with Crippen LogP contribution in [0.1, 0.15) is 40.0 Å². The number of pyridine rings is 1. The average molecular weight is 490 g/mol. The Morgan fingerprint density at radius 2 is 1.75 bits per heavy atom. The molecule has 2 amide bonds. The molecule has 2 aliphatic heterocycles. The highest BCUT2D eigenvalue weighted by molar-refractivity contribution is 5.85. The molecule has 2 fully saturated rings. The number of urea groups is 1. The van der Waals surface area contributed by atoms with Gasteiger partial charge in [0, 0.05) is 56.8 Å². The number of amides is 2. The lowest BCUT2D eigenvalue weighted by atomic mass is 9.99. The van der Waals surface area contributed by atoms with E-state index in [9.17, 15) is 9.59 Å². The third kappa shape index (κ3) is 8.30. The van der Waals surface area contributed by atoms with Crippen LogP contribution in [-0.4, -0.2) is 72.3 Å². The second-order valence-corrected chi connectivity index (χ2v) is 8.80. The predicted octanol–water partition coefficient (Wildman–Crippen LogP) is 3.36. The van der Waals surface area contributed by atoms with Gasteiger partial charge in [-0.15, -0.1) is 29.9 Å². The van der Waals surface area contributed by atoms with E-state index < -0.39 is 0 Å². The molecule has 2 atom stereocenters. The Morgan fingerprint density at radius 1 is 1.09 bits per heavy atom. The first-order valence-corrected chi connectivity index (χ1v) is 11.1. The molecule has 32 heavy (non-hydrogen) atoms. The third-order valence-electron chi connectivity index (χ3n) is 5.75. The Kier molecular flexibility index (Phi) is 12.1. The third-order valence-corrected chi connectivity index (χ3v) is 5.75. The van der Waals surface area contributed by atoms with Crippen molar-refractivity contribution in [2.75, 3.05) is 44.2 Å².